The van der Waals surface area contributed by atoms with Crippen LogP contribution in [0.5, 0.6) is 0 Å². The number of sulfonamides is 1. The second-order valence-corrected chi connectivity index (χ2v) is 11.1. The van der Waals surface area contributed by atoms with Crippen LogP contribution in [0.3, 0.4) is 0 Å². The van der Waals surface area contributed by atoms with Gasteiger partial charge < -0.3 is 15.3 Å². The number of aromatic nitrogens is 3. The molecule has 1 aliphatic heterocycles. The zero-order valence-corrected chi connectivity index (χ0v) is 21.7. The van der Waals surface area contributed by atoms with Gasteiger partial charge in [-0.1, -0.05) is 18.2 Å². The molecule has 0 radical (unpaired) electrons. The van der Waals surface area contributed by atoms with Crippen molar-refractivity contribution in [2.75, 3.05) is 53.9 Å². The maximum atomic E-state index is 11.9. The number of hydrogen-bond donors (Lipinski definition) is 3. The minimum absolute atomic E-state index is 0.306. The fourth-order valence-corrected chi connectivity index (χ4v) is 5.18. The molecule has 0 saturated carbocycles. The zero-order valence-electron chi connectivity index (χ0n) is 20.9. The Kier molecular flexibility index (Phi) is 7.00. The van der Waals surface area contributed by atoms with E-state index in [-0.39, 0.29) is 6.10 Å². The van der Waals surface area contributed by atoms with Crippen molar-refractivity contribution >= 4 is 38.6 Å². The standard InChI is InChI=1S/C26H31N7O3S/c1-19(34)18-31-13-15-32(16-14-31)21-9-7-20(8-10-21)28-26-27-17-22-11-12-25(33(22)29-26)23-5-3-4-6-24(23)30-37(2,35)36/h3-12,17,19,30,34H,13-16,18H2,1-2H3,(H,28,29)/t19-/m0/s1. The number of hydrogen-bond acceptors (Lipinski definition) is 8. The molecule has 194 valence electrons. The summed E-state index contributed by atoms with van der Waals surface area (Å²) >= 11 is 0. The molecule has 3 N–H and O–H groups in total. The van der Waals surface area contributed by atoms with Gasteiger partial charge >= 0.3 is 0 Å². The Balaban J connectivity index is 1.32. The third kappa shape index (κ3) is 6.01. The summed E-state index contributed by atoms with van der Waals surface area (Å²) in [5.74, 6) is 0.429. The summed E-state index contributed by atoms with van der Waals surface area (Å²) in [7, 11) is -3.43. The van der Waals surface area contributed by atoms with Crippen molar-refractivity contribution in [3.8, 4) is 11.3 Å². The predicted octanol–water partition coefficient (Wildman–Crippen LogP) is 3.01. The number of aliphatic hydroxyl groups excluding tert-OH is 1. The van der Waals surface area contributed by atoms with Crippen molar-refractivity contribution in [3.63, 3.8) is 0 Å². The lowest BCUT2D eigenvalue weighted by Crippen LogP contribution is -2.48. The maximum Gasteiger partial charge on any atom is 0.245 e. The lowest BCUT2D eigenvalue weighted by molar-refractivity contribution is 0.123. The highest BCUT2D eigenvalue weighted by atomic mass is 32.2. The first-order valence-corrected chi connectivity index (χ1v) is 14.1. The van der Waals surface area contributed by atoms with E-state index in [9.17, 15) is 13.5 Å². The minimum Gasteiger partial charge on any atom is -0.392 e. The van der Waals surface area contributed by atoms with E-state index in [0.29, 0.717) is 18.2 Å². The van der Waals surface area contributed by atoms with Gasteiger partial charge in [-0.3, -0.25) is 9.62 Å². The average molecular weight is 522 g/mol. The first-order chi connectivity index (χ1) is 17.7. The Bertz CT molecular complexity index is 1480. The van der Waals surface area contributed by atoms with Crippen LogP contribution in [0.4, 0.5) is 23.0 Å². The number of piperazine rings is 1. The van der Waals surface area contributed by atoms with Gasteiger partial charge in [0.15, 0.2) is 0 Å². The first kappa shape index (κ1) is 25.0. The number of fused-ring (bicyclic) bond motifs is 1. The van der Waals surface area contributed by atoms with Crippen LogP contribution in [0.1, 0.15) is 6.92 Å². The second-order valence-electron chi connectivity index (χ2n) is 9.37. The molecular weight excluding hydrogens is 490 g/mol. The number of β-amino-alcohol motifs (C(OH)–C–C–N with tert-alkyl or cyclic N) is 1. The Morgan fingerprint density at radius 3 is 2.43 bits per heavy atom. The van der Waals surface area contributed by atoms with Gasteiger partial charge in [-0.2, -0.15) is 0 Å². The predicted molar refractivity (Wildman–Crippen MR) is 147 cm³/mol. The topological polar surface area (TPSA) is 115 Å². The average Bonchev–Trinajstić information content (AvgIpc) is 3.27. The SMILES string of the molecule is C[C@H](O)CN1CCN(c2ccc(Nc3ncc4ccc(-c5ccccc5NS(C)(=O)=O)n4n3)cc2)CC1. The van der Waals surface area contributed by atoms with Crippen molar-refractivity contribution < 1.29 is 13.5 Å². The molecule has 0 amide bonds. The lowest BCUT2D eigenvalue weighted by Gasteiger charge is -2.36. The monoisotopic (exact) mass is 521 g/mol. The fraction of sp³-hybridized carbons (Fsp3) is 0.308. The largest absolute Gasteiger partial charge is 0.392 e. The lowest BCUT2D eigenvalue weighted by atomic mass is 10.1. The summed E-state index contributed by atoms with van der Waals surface area (Å²) in [5.41, 5.74) is 4.76. The molecule has 1 saturated heterocycles. The van der Waals surface area contributed by atoms with Crippen LogP contribution in [0.25, 0.3) is 16.8 Å². The molecule has 11 heteroatoms. The van der Waals surface area contributed by atoms with E-state index >= 15 is 0 Å². The number of nitrogens with one attached hydrogen (secondary N) is 2. The first-order valence-electron chi connectivity index (χ1n) is 12.2. The molecule has 37 heavy (non-hydrogen) atoms. The normalized spacial score (nSPS) is 15.6. The van der Waals surface area contributed by atoms with E-state index in [4.69, 9.17) is 0 Å². The zero-order chi connectivity index (χ0) is 26.0. The Hall–Kier alpha value is -3.67. The second kappa shape index (κ2) is 10.4. The van der Waals surface area contributed by atoms with Crippen LogP contribution in [-0.2, 0) is 10.0 Å². The molecule has 10 nitrogen and oxygen atoms in total. The molecule has 5 rings (SSSR count). The van der Waals surface area contributed by atoms with Crippen LogP contribution >= 0.6 is 0 Å². The molecule has 0 unspecified atom stereocenters. The van der Waals surface area contributed by atoms with E-state index in [2.05, 4.69) is 42.1 Å². The van der Waals surface area contributed by atoms with Crippen molar-refractivity contribution in [1.82, 2.24) is 19.5 Å². The van der Waals surface area contributed by atoms with Crippen molar-refractivity contribution in [2.24, 2.45) is 0 Å². The number of para-hydroxylation sites is 1. The summed E-state index contributed by atoms with van der Waals surface area (Å²) in [4.78, 5) is 9.08. The Morgan fingerprint density at radius 1 is 1.00 bits per heavy atom. The van der Waals surface area contributed by atoms with Gasteiger partial charge in [0, 0.05) is 49.7 Å². The van der Waals surface area contributed by atoms with Gasteiger partial charge in [0.25, 0.3) is 0 Å². The maximum absolute atomic E-state index is 11.9. The van der Waals surface area contributed by atoms with Gasteiger partial charge in [-0.25, -0.2) is 17.9 Å². The highest BCUT2D eigenvalue weighted by Crippen LogP contribution is 2.30. The third-order valence-electron chi connectivity index (χ3n) is 6.28. The number of anilines is 4. The van der Waals surface area contributed by atoms with E-state index in [1.807, 2.05) is 43.3 Å². The van der Waals surface area contributed by atoms with Crippen LogP contribution < -0.4 is 14.9 Å². The number of nitrogens with zero attached hydrogens (tertiary/aromatic N) is 5. The summed E-state index contributed by atoms with van der Waals surface area (Å²) < 4.78 is 28.0. The molecule has 1 atom stereocenters. The van der Waals surface area contributed by atoms with Crippen molar-refractivity contribution in [2.45, 2.75) is 13.0 Å². The number of benzene rings is 2. The molecule has 4 aromatic rings. The summed E-state index contributed by atoms with van der Waals surface area (Å²) in [5, 5.41) is 17.5. The van der Waals surface area contributed by atoms with E-state index in [0.717, 1.165) is 60.6 Å². The van der Waals surface area contributed by atoms with Gasteiger partial charge in [0.05, 0.1) is 35.5 Å². The molecule has 0 spiro atoms. The molecule has 1 aliphatic rings. The van der Waals surface area contributed by atoms with Crippen LogP contribution in [0.2, 0.25) is 0 Å². The van der Waals surface area contributed by atoms with E-state index < -0.39 is 10.0 Å². The van der Waals surface area contributed by atoms with Crippen molar-refractivity contribution in [3.05, 3.63) is 66.9 Å². The number of rotatable bonds is 8. The molecule has 2 aromatic carbocycles. The summed E-state index contributed by atoms with van der Waals surface area (Å²) in [6, 6.07) is 19.2. The third-order valence-corrected chi connectivity index (χ3v) is 6.87. The quantitative estimate of drug-likeness (QED) is 0.324. The van der Waals surface area contributed by atoms with Crippen molar-refractivity contribution in [1.29, 1.82) is 0 Å². The van der Waals surface area contributed by atoms with Crippen LogP contribution in [0, 0.1) is 0 Å². The van der Waals surface area contributed by atoms with E-state index in [1.54, 1.807) is 22.8 Å². The van der Waals surface area contributed by atoms with Crippen LogP contribution in [-0.4, -0.2) is 78.1 Å². The number of aliphatic hydroxyl groups is 1. The fourth-order valence-electron chi connectivity index (χ4n) is 4.61. The van der Waals surface area contributed by atoms with Crippen LogP contribution in [0.15, 0.2) is 66.9 Å². The van der Waals surface area contributed by atoms with Gasteiger partial charge in [0.2, 0.25) is 16.0 Å². The van der Waals surface area contributed by atoms with Gasteiger partial charge in [-0.15, -0.1) is 5.10 Å². The molecule has 0 aliphatic carbocycles. The highest BCUT2D eigenvalue weighted by Gasteiger charge is 2.18. The Labute approximate surface area is 216 Å². The molecule has 3 heterocycles. The smallest absolute Gasteiger partial charge is 0.245 e. The molecule has 0 bridgehead atoms. The molecule has 2 aromatic heterocycles. The highest BCUT2D eigenvalue weighted by molar-refractivity contribution is 7.92. The summed E-state index contributed by atoms with van der Waals surface area (Å²) in [6.07, 6.45) is 2.56. The van der Waals surface area contributed by atoms with E-state index in [1.165, 1.54) is 0 Å². The molecular formula is C26H31N7O3S. The van der Waals surface area contributed by atoms with Gasteiger partial charge in [0.1, 0.15) is 0 Å². The minimum atomic E-state index is -3.43. The summed E-state index contributed by atoms with van der Waals surface area (Å²) in [6.45, 7) is 6.24. The molecule has 1 fully saturated rings. The van der Waals surface area contributed by atoms with Gasteiger partial charge in [-0.05, 0) is 49.4 Å². The Morgan fingerprint density at radius 2 is 1.73 bits per heavy atom.